The van der Waals surface area contributed by atoms with Crippen LogP contribution in [-0.2, 0) is 54.4 Å². The van der Waals surface area contributed by atoms with E-state index in [0.717, 1.165) is 0 Å². The number of guanidine groups is 1. The van der Waals surface area contributed by atoms with E-state index in [4.69, 9.17) is 22.3 Å². The summed E-state index contributed by atoms with van der Waals surface area (Å²) in [5.41, 5.74) is 16.3. The van der Waals surface area contributed by atoms with E-state index < -0.39 is 142 Å². The van der Waals surface area contributed by atoms with Crippen molar-refractivity contribution >= 4 is 65.1 Å². The first kappa shape index (κ1) is 52.8. The third-order valence-corrected chi connectivity index (χ3v) is 7.99. The molecule has 0 fully saturated rings. The van der Waals surface area contributed by atoms with Gasteiger partial charge in [0.25, 0.3) is 0 Å². The van der Waals surface area contributed by atoms with Crippen molar-refractivity contribution in [2.45, 2.75) is 49.5 Å². The van der Waals surface area contributed by atoms with Crippen molar-refractivity contribution in [3.8, 4) is 5.75 Å². The number of phenols is 1. The van der Waals surface area contributed by atoms with Crippen LogP contribution < -0.4 is 65.1 Å². The van der Waals surface area contributed by atoms with Crippen molar-refractivity contribution in [1.82, 2.24) is 47.9 Å². The second kappa shape index (κ2) is 28.3. The molecule has 20 N–H and O–H groups in total. The van der Waals surface area contributed by atoms with E-state index in [2.05, 4.69) is 42.2 Å². The fourth-order valence-electron chi connectivity index (χ4n) is 4.81. The SMILES string of the molecule is NCC(=O)N[C@@H](CO)C(=O)N[C@@H](CO)C(=O)N[C@@H](CO)C(=O)NCC(=O)NCC(=O)N[C@@H](Cc1ccc(O)cc1)C(=O)N[C@@H](CCCN=C(N)N)C(=O)NCC(=O)NCC(=O)O. The van der Waals surface area contributed by atoms with Gasteiger partial charge in [0.2, 0.25) is 53.2 Å². The third-order valence-electron chi connectivity index (χ3n) is 7.99. The van der Waals surface area contributed by atoms with Crippen LogP contribution in [0.5, 0.6) is 5.75 Å². The largest absolute Gasteiger partial charge is 0.508 e. The first-order valence-corrected chi connectivity index (χ1v) is 18.5. The molecular weight excluding hydrogens is 830 g/mol. The summed E-state index contributed by atoms with van der Waals surface area (Å²) in [6.07, 6.45) is -0.132. The van der Waals surface area contributed by atoms with E-state index in [9.17, 15) is 68.4 Å². The Morgan fingerprint density at radius 3 is 1.48 bits per heavy atom. The number of nitrogens with zero attached hydrogens (tertiary/aromatic N) is 1. The van der Waals surface area contributed by atoms with Crippen LogP contribution >= 0.6 is 0 Å². The Morgan fingerprint density at radius 2 is 0.984 bits per heavy atom. The van der Waals surface area contributed by atoms with Gasteiger partial charge in [-0.25, -0.2) is 0 Å². The molecule has 0 aliphatic carbocycles. The number of nitrogens with two attached hydrogens (primary N) is 3. The summed E-state index contributed by atoms with van der Waals surface area (Å²) in [5.74, 6) is -10.4. The molecule has 28 heteroatoms. The maximum atomic E-state index is 13.6. The average Bonchev–Trinajstić information content (AvgIpc) is 3.24. The zero-order valence-corrected chi connectivity index (χ0v) is 33.2. The second-order valence-electron chi connectivity index (χ2n) is 12.9. The maximum Gasteiger partial charge on any atom is 0.322 e. The van der Waals surface area contributed by atoms with Crippen molar-refractivity contribution in [3.05, 3.63) is 29.8 Å². The predicted molar refractivity (Wildman–Crippen MR) is 211 cm³/mol. The Hall–Kier alpha value is -7.17. The molecule has 1 aromatic rings. The summed E-state index contributed by atoms with van der Waals surface area (Å²) in [5, 5.41) is 66.8. The maximum absolute atomic E-state index is 13.6. The average molecular weight is 884 g/mol. The highest BCUT2D eigenvalue weighted by Crippen LogP contribution is 2.12. The van der Waals surface area contributed by atoms with Crippen molar-refractivity contribution in [2.24, 2.45) is 22.2 Å². The molecule has 0 heterocycles. The summed E-state index contributed by atoms with van der Waals surface area (Å²) >= 11 is 0. The molecule has 1 rings (SSSR count). The third kappa shape index (κ3) is 21.2. The quantitative estimate of drug-likeness (QED) is 0.0211. The highest BCUT2D eigenvalue weighted by Gasteiger charge is 2.30. The van der Waals surface area contributed by atoms with Crippen LogP contribution in [0, 0.1) is 0 Å². The lowest BCUT2D eigenvalue weighted by atomic mass is 10.0. The minimum Gasteiger partial charge on any atom is -0.508 e. The molecular formula is C34H53N13O15. The number of hydrogen-bond donors (Lipinski definition) is 17. The Balaban J connectivity index is 2.95. The van der Waals surface area contributed by atoms with Crippen LogP contribution in [0.4, 0.5) is 0 Å². The Labute approximate surface area is 352 Å². The molecule has 1 aromatic carbocycles. The molecule has 0 aliphatic rings. The zero-order chi connectivity index (χ0) is 46.8. The Morgan fingerprint density at radius 1 is 0.548 bits per heavy atom. The van der Waals surface area contributed by atoms with Gasteiger partial charge in [0.15, 0.2) is 5.96 Å². The van der Waals surface area contributed by atoms with Crippen molar-refractivity contribution in [3.63, 3.8) is 0 Å². The van der Waals surface area contributed by atoms with Crippen LogP contribution in [0.3, 0.4) is 0 Å². The number of aromatic hydroxyl groups is 1. The smallest absolute Gasteiger partial charge is 0.322 e. The summed E-state index contributed by atoms with van der Waals surface area (Å²) in [4.78, 5) is 128. The molecule has 28 nitrogen and oxygen atoms in total. The lowest BCUT2D eigenvalue weighted by Crippen LogP contribution is -2.59. The topological polar surface area (TPSA) is 471 Å². The Bertz CT molecular complexity index is 1760. The van der Waals surface area contributed by atoms with Crippen molar-refractivity contribution in [2.75, 3.05) is 59.1 Å². The van der Waals surface area contributed by atoms with Crippen LogP contribution in [0.1, 0.15) is 18.4 Å². The van der Waals surface area contributed by atoms with E-state index in [-0.39, 0.29) is 37.5 Å². The molecule has 0 aliphatic heterocycles. The number of carbonyl (C=O) groups is 10. The molecule has 0 bridgehead atoms. The lowest BCUT2D eigenvalue weighted by Gasteiger charge is -2.23. The molecule has 344 valence electrons. The van der Waals surface area contributed by atoms with Crippen LogP contribution in [0.25, 0.3) is 0 Å². The minimum atomic E-state index is -1.72. The van der Waals surface area contributed by atoms with E-state index in [0.29, 0.717) is 5.56 Å². The summed E-state index contributed by atoms with van der Waals surface area (Å²) in [7, 11) is 0. The number of amides is 9. The molecule has 62 heavy (non-hydrogen) atoms. The number of hydrogen-bond acceptors (Lipinski definition) is 16. The number of phenolic OH excluding ortho intramolecular Hbond substituents is 1. The number of aliphatic hydroxyl groups excluding tert-OH is 3. The molecule has 9 amide bonds. The van der Waals surface area contributed by atoms with Gasteiger partial charge in [0.05, 0.1) is 46.0 Å². The standard InChI is InChI=1S/C34H53N13O15/c35-9-24(52)44-22(15-49)32(61)47-23(16-50)33(62)46-21(14-48)30(59)42-10-25(53)39-12-27(55)43-20(8-17-3-5-18(51)6-4-17)31(60)45-19(2-1-7-38-34(36)37)29(58)41-11-26(54)40-13-28(56)57/h3-6,19-23,48-51H,1-2,7-16,35H2,(H,39,53)(H,40,54)(H,41,58)(H,42,59)(H,43,55)(H,44,52)(H,45,60)(H,46,62)(H,47,61)(H,56,57)(H4,36,37,38)/t19-,20-,21-,22-,23-/m0/s1. The molecule has 0 unspecified atom stereocenters. The summed E-state index contributed by atoms with van der Waals surface area (Å²) in [6.45, 7) is -6.34. The van der Waals surface area contributed by atoms with Gasteiger partial charge in [-0.15, -0.1) is 0 Å². The number of carboxylic acids is 1. The number of aliphatic carboxylic acids is 1. The predicted octanol–water partition coefficient (Wildman–Crippen LogP) is -10.1. The number of aliphatic hydroxyl groups is 3. The highest BCUT2D eigenvalue weighted by molar-refractivity contribution is 5.97. The van der Waals surface area contributed by atoms with Gasteiger partial charge in [-0.05, 0) is 30.5 Å². The first-order valence-electron chi connectivity index (χ1n) is 18.5. The molecule has 0 spiro atoms. The zero-order valence-electron chi connectivity index (χ0n) is 33.2. The van der Waals surface area contributed by atoms with Gasteiger partial charge < -0.3 is 90.6 Å². The van der Waals surface area contributed by atoms with Gasteiger partial charge in [0.1, 0.15) is 42.5 Å². The van der Waals surface area contributed by atoms with Crippen molar-refractivity contribution in [1.29, 1.82) is 0 Å². The number of nitrogens with one attached hydrogen (secondary N) is 9. The first-order chi connectivity index (χ1) is 29.3. The molecule has 0 aromatic heterocycles. The molecule has 0 radical (unpaired) electrons. The molecule has 0 saturated carbocycles. The van der Waals surface area contributed by atoms with Crippen LogP contribution in [0.2, 0.25) is 0 Å². The van der Waals surface area contributed by atoms with Gasteiger partial charge in [-0.1, -0.05) is 12.1 Å². The summed E-state index contributed by atoms with van der Waals surface area (Å²) in [6, 6.07) is -2.22. The molecule has 5 atom stereocenters. The second-order valence-corrected chi connectivity index (χ2v) is 12.9. The van der Waals surface area contributed by atoms with Gasteiger partial charge in [0, 0.05) is 13.0 Å². The van der Waals surface area contributed by atoms with E-state index in [1.807, 2.05) is 10.6 Å². The number of carbonyl (C=O) groups excluding carboxylic acids is 9. The number of rotatable bonds is 28. The fourth-order valence-corrected chi connectivity index (χ4v) is 4.81. The highest BCUT2D eigenvalue weighted by atomic mass is 16.4. The normalized spacial score (nSPS) is 12.9. The van der Waals surface area contributed by atoms with Gasteiger partial charge in [-0.2, -0.15) is 0 Å². The van der Waals surface area contributed by atoms with E-state index in [1.165, 1.54) is 24.3 Å². The summed E-state index contributed by atoms with van der Waals surface area (Å²) < 4.78 is 0. The van der Waals surface area contributed by atoms with Crippen LogP contribution in [-0.4, -0.2) is 180 Å². The minimum absolute atomic E-state index is 0.0414. The van der Waals surface area contributed by atoms with Crippen molar-refractivity contribution < 1.29 is 73.5 Å². The molecule has 0 saturated heterocycles. The van der Waals surface area contributed by atoms with Gasteiger partial charge >= 0.3 is 5.97 Å². The Kier molecular flexibility index (Phi) is 24.1. The fraction of sp³-hybridized carbons (Fsp3) is 0.500. The van der Waals surface area contributed by atoms with Gasteiger partial charge in [-0.3, -0.25) is 52.9 Å². The van der Waals surface area contributed by atoms with E-state index in [1.54, 1.807) is 0 Å². The van der Waals surface area contributed by atoms with Crippen LogP contribution in [0.15, 0.2) is 29.3 Å². The lowest BCUT2D eigenvalue weighted by molar-refractivity contribution is -0.138. The monoisotopic (exact) mass is 883 g/mol. The number of aliphatic imine (C=N–C) groups is 1. The number of carboxylic acid groups (broad SMARTS) is 1. The van der Waals surface area contributed by atoms with E-state index >= 15 is 0 Å². The number of benzene rings is 1.